The number of hydrogen-bond donors (Lipinski definition) is 0. The molecule has 133 heavy (non-hydrogen) atoms. The number of fused-ring (bicyclic) bond motifs is 9. The third-order valence-corrected chi connectivity index (χ3v) is 30.9. The molecule has 25 aromatic carbocycles. The summed E-state index contributed by atoms with van der Waals surface area (Å²) in [6.45, 7) is 2.17. The third kappa shape index (κ3) is 13.3. The topological polar surface area (TPSA) is 9.72 Å². The van der Waals surface area contributed by atoms with Crippen LogP contribution in [0.15, 0.2) is 473 Å². The van der Waals surface area contributed by atoms with E-state index < -0.39 is 0 Å². The van der Waals surface area contributed by atoms with Crippen LogP contribution in [0.2, 0.25) is 0 Å². The van der Waals surface area contributed by atoms with Crippen LogP contribution < -0.4 is 14.7 Å². The minimum Gasteiger partial charge on any atom is -0.310 e. The number of hydrogen-bond acceptors (Lipinski definition) is 6. The summed E-state index contributed by atoms with van der Waals surface area (Å²) in [6.07, 6.45) is 0. The second kappa shape index (κ2) is 32.1. The maximum absolute atomic E-state index is 2.44. The molecule has 0 aliphatic carbocycles. The quantitative estimate of drug-likeness (QED) is 0.107. The SMILES string of the molecule is Cc1cccc(N(c2cccc(-c3cccc4c3sc3ccccc34)c2)c2ccc3ccc4cccc5ccc2c3c45)c1.c1ccc(-c2ccc(N(c3cccc(-c4cccc5c4sc4ccccc45)c3)c3ccc4ccc5cccc6ccc3c4c56)cc2)cc1.c1ccc(N(c2cccc(-c3cccc4c3sc3ccccc34)c2)c2ccc3ccc4cccc5ccc2c3c45)cc1. The highest BCUT2D eigenvalue weighted by molar-refractivity contribution is 7.27. The van der Waals surface area contributed by atoms with E-state index in [4.69, 9.17) is 0 Å². The first-order valence-corrected chi connectivity index (χ1v) is 48.0. The predicted molar refractivity (Wildman–Crippen MR) is 580 cm³/mol. The first-order valence-electron chi connectivity index (χ1n) is 45.6. The van der Waals surface area contributed by atoms with E-state index in [-0.39, 0.29) is 0 Å². The van der Waals surface area contributed by atoms with Gasteiger partial charge in [0.15, 0.2) is 0 Å². The minimum atomic E-state index is 1.13. The van der Waals surface area contributed by atoms with Gasteiger partial charge in [-0.1, -0.05) is 364 Å². The lowest BCUT2D eigenvalue weighted by Crippen LogP contribution is -2.11. The molecule has 0 saturated carbocycles. The van der Waals surface area contributed by atoms with Gasteiger partial charge in [-0.25, -0.2) is 0 Å². The average molecular weight is 1750 g/mol. The molecule has 0 aliphatic rings. The summed E-state index contributed by atoms with van der Waals surface area (Å²) in [5.41, 5.74) is 21.6. The highest BCUT2D eigenvalue weighted by Crippen LogP contribution is 2.52. The minimum absolute atomic E-state index is 1.13. The Labute approximate surface area is 781 Å². The van der Waals surface area contributed by atoms with Crippen molar-refractivity contribution in [1.82, 2.24) is 0 Å². The van der Waals surface area contributed by atoms with E-state index in [0.717, 1.165) is 34.1 Å². The maximum atomic E-state index is 2.44. The zero-order chi connectivity index (χ0) is 87.7. The molecular weight excluding hydrogens is 1660 g/mol. The molecule has 3 nitrogen and oxygen atoms in total. The summed E-state index contributed by atoms with van der Waals surface area (Å²) in [7, 11) is 0. The normalized spacial score (nSPS) is 11.8. The molecule has 0 atom stereocenters. The largest absolute Gasteiger partial charge is 0.310 e. The second-order valence-electron chi connectivity index (χ2n) is 34.9. The lowest BCUT2D eigenvalue weighted by molar-refractivity contribution is 1.28. The fourth-order valence-corrected chi connectivity index (χ4v) is 24.9. The van der Waals surface area contributed by atoms with E-state index in [9.17, 15) is 0 Å². The van der Waals surface area contributed by atoms with Gasteiger partial charge in [0, 0.05) is 111 Å². The molecule has 622 valence electrons. The molecule has 3 heterocycles. The van der Waals surface area contributed by atoms with Gasteiger partial charge in [-0.3, -0.25) is 0 Å². The van der Waals surface area contributed by atoms with Crippen molar-refractivity contribution in [2.45, 2.75) is 6.92 Å². The third-order valence-electron chi connectivity index (χ3n) is 27.2. The fraction of sp³-hybridized carbons (Fsp3) is 0.00787. The standard InChI is InChI=1S/C46H29NS.C41H27NS.C40H25NS/c1-2-9-30(10-3-1)31-21-25-36(26-22-31)47(42-28-24-34-20-19-32-11-6-12-33-23-27-41(42)45(34)44(32)33)37-14-7-13-35(29-37)38-16-8-17-40-39-15-4-5-18-43(39)48-46(38)40;1-26-8-4-12-31(24-26)42(37-23-21-29-19-18-27-9-5-10-28-20-22-36(37)40(29)39(27)28)32-13-6-11-30(25-32)33-15-7-16-35-34-14-2-3-17-38(34)43-41(33)35;1-2-12-30(13-3-1)41(36-24-22-28-20-19-26-9-6-10-27-21-23-35(36)39(28)38(26)27)31-14-7-11-29(25-31)32-16-8-17-34-33-15-4-5-18-37(33)42-40(32)34/h1-29H;2-25H,1H3;1-25H. The van der Waals surface area contributed by atoms with Crippen molar-refractivity contribution in [2.75, 3.05) is 14.7 Å². The zero-order valence-electron chi connectivity index (χ0n) is 72.6. The van der Waals surface area contributed by atoms with Crippen LogP contribution >= 0.6 is 34.0 Å². The molecule has 0 N–H and O–H groups in total. The maximum Gasteiger partial charge on any atom is 0.0540 e. The second-order valence-corrected chi connectivity index (χ2v) is 38.1. The summed E-state index contributed by atoms with van der Waals surface area (Å²) in [4.78, 5) is 7.29. The van der Waals surface area contributed by atoms with Crippen molar-refractivity contribution in [3.8, 4) is 44.5 Å². The van der Waals surface area contributed by atoms with Gasteiger partial charge in [0.25, 0.3) is 0 Å². The van der Waals surface area contributed by atoms with Crippen LogP contribution in [0.25, 0.3) is 202 Å². The van der Waals surface area contributed by atoms with Gasteiger partial charge in [-0.05, 0) is 247 Å². The molecule has 0 spiro atoms. The molecule has 28 rings (SSSR count). The molecule has 6 heteroatoms. The number of aryl methyl sites for hydroxylation is 1. The number of anilines is 9. The van der Waals surface area contributed by atoms with E-state index in [1.165, 1.54) is 225 Å². The van der Waals surface area contributed by atoms with Gasteiger partial charge >= 0.3 is 0 Å². The van der Waals surface area contributed by atoms with Crippen molar-refractivity contribution >= 4 is 243 Å². The predicted octanol–water partition coefficient (Wildman–Crippen LogP) is 38.2. The Hall–Kier alpha value is -16.3. The van der Waals surface area contributed by atoms with Gasteiger partial charge in [0.2, 0.25) is 0 Å². The van der Waals surface area contributed by atoms with Crippen LogP contribution in [0.5, 0.6) is 0 Å². The number of thiophene rings is 3. The number of benzene rings is 25. The summed E-state index contributed by atoms with van der Waals surface area (Å²) in [5, 5.41) is 31.2. The molecule has 0 saturated heterocycles. The Bertz CT molecular complexity index is 9350. The Kier molecular flexibility index (Phi) is 18.8. The van der Waals surface area contributed by atoms with Crippen LogP contribution in [-0.2, 0) is 0 Å². The number of para-hydroxylation sites is 1. The Morgan fingerprint density at radius 1 is 0.158 bits per heavy atom. The van der Waals surface area contributed by atoms with Gasteiger partial charge in [-0.2, -0.15) is 0 Å². The first-order chi connectivity index (χ1) is 65.9. The molecule has 0 amide bonds. The van der Waals surface area contributed by atoms with Crippen molar-refractivity contribution in [1.29, 1.82) is 0 Å². The van der Waals surface area contributed by atoms with E-state index >= 15 is 0 Å². The lowest BCUT2D eigenvalue weighted by atomic mass is 9.93. The van der Waals surface area contributed by atoms with Crippen LogP contribution in [0.1, 0.15) is 5.56 Å². The van der Waals surface area contributed by atoms with Crippen LogP contribution in [0.3, 0.4) is 0 Å². The molecule has 0 fully saturated rings. The first kappa shape index (κ1) is 77.8. The van der Waals surface area contributed by atoms with Gasteiger partial charge < -0.3 is 14.7 Å². The summed E-state index contributed by atoms with van der Waals surface area (Å²) < 4.78 is 7.99. The van der Waals surface area contributed by atoms with E-state index in [2.05, 4.69) is 495 Å². The molecule has 3 aromatic heterocycles. The van der Waals surface area contributed by atoms with Crippen molar-refractivity contribution in [3.63, 3.8) is 0 Å². The van der Waals surface area contributed by atoms with Crippen molar-refractivity contribution < 1.29 is 0 Å². The highest BCUT2D eigenvalue weighted by atomic mass is 32.1. The van der Waals surface area contributed by atoms with Crippen molar-refractivity contribution in [3.05, 3.63) is 479 Å². The highest BCUT2D eigenvalue weighted by Gasteiger charge is 2.26. The molecular formula is C127H81N3S3. The van der Waals surface area contributed by atoms with Crippen molar-refractivity contribution in [2.24, 2.45) is 0 Å². The van der Waals surface area contributed by atoms with E-state index in [0.29, 0.717) is 0 Å². The van der Waals surface area contributed by atoms with Crippen LogP contribution in [0.4, 0.5) is 51.2 Å². The zero-order valence-corrected chi connectivity index (χ0v) is 75.0. The number of nitrogens with zero attached hydrogens (tertiary/aromatic N) is 3. The Morgan fingerprint density at radius 3 is 0.782 bits per heavy atom. The monoisotopic (exact) mass is 1740 g/mol. The van der Waals surface area contributed by atoms with Gasteiger partial charge in [-0.15, -0.1) is 34.0 Å². The van der Waals surface area contributed by atoms with E-state index in [1.54, 1.807) is 0 Å². The lowest BCUT2D eigenvalue weighted by Gasteiger charge is -2.28. The van der Waals surface area contributed by atoms with Crippen LogP contribution in [0, 0.1) is 6.92 Å². The number of rotatable bonds is 13. The average Bonchev–Trinajstić information content (AvgIpc) is 1.72. The Balaban J connectivity index is 0.000000105. The smallest absolute Gasteiger partial charge is 0.0540 e. The summed E-state index contributed by atoms with van der Waals surface area (Å²) >= 11 is 5.65. The summed E-state index contributed by atoms with van der Waals surface area (Å²) in [5.74, 6) is 0. The molecule has 0 aliphatic heterocycles. The molecule has 0 unspecified atom stereocenters. The van der Waals surface area contributed by atoms with Crippen LogP contribution in [-0.4, -0.2) is 0 Å². The van der Waals surface area contributed by atoms with E-state index in [1.807, 2.05) is 34.0 Å². The molecule has 0 radical (unpaired) electrons. The molecule has 28 aromatic rings. The Morgan fingerprint density at radius 2 is 0.414 bits per heavy atom. The fourth-order valence-electron chi connectivity index (χ4n) is 21.2. The summed E-state index contributed by atoms with van der Waals surface area (Å²) in [6, 6.07) is 174. The molecule has 0 bridgehead atoms. The van der Waals surface area contributed by atoms with Gasteiger partial charge in [0.05, 0.1) is 17.1 Å². The van der Waals surface area contributed by atoms with Gasteiger partial charge in [0.1, 0.15) is 0 Å².